The van der Waals surface area contributed by atoms with Gasteiger partial charge in [-0.1, -0.05) is 30.3 Å². The molecule has 0 bridgehead atoms. The lowest BCUT2D eigenvalue weighted by Crippen LogP contribution is -2.55. The minimum atomic E-state index is -0.743. The first-order valence-corrected chi connectivity index (χ1v) is 10.3. The normalized spacial score (nSPS) is 19.7. The number of nitrogens with zero attached hydrogens (tertiary/aromatic N) is 2. The molecule has 0 saturated carbocycles. The number of anilines is 1. The lowest BCUT2D eigenvalue weighted by atomic mass is 9.80. The second-order valence-corrected chi connectivity index (χ2v) is 8.06. The number of halogens is 2. The summed E-state index contributed by atoms with van der Waals surface area (Å²) in [6.45, 7) is 0. The number of pyridine rings is 1. The van der Waals surface area contributed by atoms with Crippen LogP contribution in [0.2, 0.25) is 0 Å². The third kappa shape index (κ3) is 4.09. The van der Waals surface area contributed by atoms with E-state index in [9.17, 15) is 14.3 Å². The zero-order valence-electron chi connectivity index (χ0n) is 15.6. The third-order valence-electron chi connectivity index (χ3n) is 5.31. The monoisotopic (exact) mass is 454 g/mol. The van der Waals surface area contributed by atoms with Gasteiger partial charge in [0.1, 0.15) is 5.82 Å². The van der Waals surface area contributed by atoms with Crippen LogP contribution in [0.4, 0.5) is 10.1 Å². The number of rotatable bonds is 6. The summed E-state index contributed by atoms with van der Waals surface area (Å²) in [6, 6.07) is 19.0. The highest BCUT2D eigenvalue weighted by Gasteiger charge is 2.49. The fourth-order valence-electron chi connectivity index (χ4n) is 3.80. The van der Waals surface area contributed by atoms with E-state index >= 15 is 0 Å². The Balaban J connectivity index is 1.54. The van der Waals surface area contributed by atoms with Crippen molar-refractivity contribution in [2.75, 3.05) is 4.90 Å². The average Bonchev–Trinajstić information content (AvgIpc) is 2.74. The number of amides is 1. The Bertz CT molecular complexity index is 980. The topological polar surface area (TPSA) is 53.4 Å². The first-order valence-electron chi connectivity index (χ1n) is 9.47. The first-order chi connectivity index (χ1) is 14.0. The van der Waals surface area contributed by atoms with Gasteiger partial charge in [0.25, 0.3) is 0 Å². The first kappa shape index (κ1) is 19.7. The number of β-lactam (4-membered cyclic amide) rings is 1. The highest BCUT2D eigenvalue weighted by Crippen LogP contribution is 2.45. The van der Waals surface area contributed by atoms with E-state index in [1.165, 1.54) is 12.1 Å². The minimum absolute atomic E-state index is 0.0252. The van der Waals surface area contributed by atoms with E-state index in [0.717, 1.165) is 15.9 Å². The number of aliphatic hydroxyl groups excluding tert-OH is 1. The number of hydrogen-bond donors (Lipinski definition) is 1. The molecule has 4 rings (SSSR count). The Morgan fingerprint density at radius 2 is 1.79 bits per heavy atom. The van der Waals surface area contributed by atoms with Crippen LogP contribution >= 0.6 is 15.9 Å². The van der Waals surface area contributed by atoms with Gasteiger partial charge in [-0.15, -0.1) is 0 Å². The smallest absolute Gasteiger partial charge is 0.233 e. The molecule has 3 atom stereocenters. The summed E-state index contributed by atoms with van der Waals surface area (Å²) in [5.41, 5.74) is 2.30. The molecule has 1 saturated heterocycles. The minimum Gasteiger partial charge on any atom is -0.388 e. The SMILES string of the molecule is O=C1C(CCC(O)c2ccc(F)cc2)[C@@H](c2ccc(Br)cn2)N1c1ccccc1. The summed E-state index contributed by atoms with van der Waals surface area (Å²) in [7, 11) is 0. The van der Waals surface area contributed by atoms with Crippen LogP contribution in [0.3, 0.4) is 0 Å². The van der Waals surface area contributed by atoms with Crippen LogP contribution in [0.5, 0.6) is 0 Å². The summed E-state index contributed by atoms with van der Waals surface area (Å²) < 4.78 is 14.0. The zero-order chi connectivity index (χ0) is 20.4. The van der Waals surface area contributed by atoms with Crippen LogP contribution in [-0.4, -0.2) is 16.0 Å². The predicted octanol–water partition coefficient (Wildman–Crippen LogP) is 5.20. The number of carbonyl (C=O) groups excluding carboxylic acids is 1. The van der Waals surface area contributed by atoms with Crippen LogP contribution in [0.1, 0.15) is 36.2 Å². The molecule has 1 aliphatic heterocycles. The van der Waals surface area contributed by atoms with E-state index in [-0.39, 0.29) is 23.7 Å². The maximum atomic E-state index is 13.1. The van der Waals surface area contributed by atoms with Crippen molar-refractivity contribution in [1.29, 1.82) is 0 Å². The van der Waals surface area contributed by atoms with E-state index in [2.05, 4.69) is 20.9 Å². The molecule has 1 aliphatic rings. The van der Waals surface area contributed by atoms with Gasteiger partial charge in [0, 0.05) is 16.4 Å². The van der Waals surface area contributed by atoms with E-state index in [1.807, 2.05) is 42.5 Å². The fraction of sp³-hybridized carbons (Fsp3) is 0.217. The number of benzene rings is 2. The third-order valence-corrected chi connectivity index (χ3v) is 5.78. The van der Waals surface area contributed by atoms with Crippen LogP contribution in [0.25, 0.3) is 0 Å². The molecule has 148 valence electrons. The Hall–Kier alpha value is -2.57. The van der Waals surface area contributed by atoms with Gasteiger partial charge in [0.15, 0.2) is 0 Å². The molecule has 1 fully saturated rings. The Morgan fingerprint density at radius 3 is 2.45 bits per heavy atom. The number of aromatic nitrogens is 1. The second-order valence-electron chi connectivity index (χ2n) is 7.14. The molecule has 0 radical (unpaired) electrons. The molecule has 1 amide bonds. The predicted molar refractivity (Wildman–Crippen MR) is 113 cm³/mol. The summed E-state index contributed by atoms with van der Waals surface area (Å²) in [4.78, 5) is 19.2. The van der Waals surface area contributed by atoms with Crippen molar-refractivity contribution in [3.8, 4) is 0 Å². The van der Waals surface area contributed by atoms with Crippen molar-refractivity contribution in [3.05, 3.63) is 94.5 Å². The molecule has 1 N–H and O–H groups in total. The number of aliphatic hydroxyl groups is 1. The molecule has 4 nitrogen and oxygen atoms in total. The van der Waals surface area contributed by atoms with Crippen molar-refractivity contribution in [2.24, 2.45) is 5.92 Å². The lowest BCUT2D eigenvalue weighted by molar-refractivity contribution is -0.131. The highest BCUT2D eigenvalue weighted by molar-refractivity contribution is 9.10. The number of hydrogen-bond acceptors (Lipinski definition) is 3. The molecule has 2 heterocycles. The molecule has 0 spiro atoms. The summed E-state index contributed by atoms with van der Waals surface area (Å²) >= 11 is 3.40. The standard InChI is InChI=1S/C23H20BrFN2O2/c24-16-8-12-20(26-14-16)22-19(23(29)27(22)18-4-2-1-3-5-18)11-13-21(28)15-6-9-17(25)10-7-15/h1-10,12,14,19,21-22,28H,11,13H2/t19?,21?,22-/m0/s1. The lowest BCUT2D eigenvalue weighted by Gasteiger charge is -2.47. The summed E-state index contributed by atoms with van der Waals surface area (Å²) in [5.74, 6) is -0.578. The maximum absolute atomic E-state index is 13.1. The molecular weight excluding hydrogens is 435 g/mol. The largest absolute Gasteiger partial charge is 0.388 e. The van der Waals surface area contributed by atoms with Gasteiger partial charge in [0.2, 0.25) is 5.91 Å². The van der Waals surface area contributed by atoms with Gasteiger partial charge in [0.05, 0.1) is 23.8 Å². The molecule has 2 aromatic carbocycles. The molecule has 2 unspecified atom stereocenters. The second kappa shape index (κ2) is 8.43. The van der Waals surface area contributed by atoms with Crippen molar-refractivity contribution in [3.63, 3.8) is 0 Å². The van der Waals surface area contributed by atoms with Crippen molar-refractivity contribution in [1.82, 2.24) is 4.98 Å². The van der Waals surface area contributed by atoms with Crippen molar-refractivity contribution in [2.45, 2.75) is 25.0 Å². The molecule has 1 aromatic heterocycles. The number of para-hydroxylation sites is 1. The van der Waals surface area contributed by atoms with Crippen LogP contribution in [-0.2, 0) is 4.79 Å². The Labute approximate surface area is 177 Å². The summed E-state index contributed by atoms with van der Waals surface area (Å²) in [5, 5.41) is 10.5. The highest BCUT2D eigenvalue weighted by atomic mass is 79.9. The van der Waals surface area contributed by atoms with Gasteiger partial charge in [-0.3, -0.25) is 9.78 Å². The molecule has 0 aliphatic carbocycles. The van der Waals surface area contributed by atoms with Gasteiger partial charge in [-0.25, -0.2) is 4.39 Å². The van der Waals surface area contributed by atoms with Crippen molar-refractivity contribution >= 4 is 27.5 Å². The van der Waals surface area contributed by atoms with Crippen molar-refractivity contribution < 1.29 is 14.3 Å². The van der Waals surface area contributed by atoms with Gasteiger partial charge in [-0.05, 0) is 70.7 Å². The van der Waals surface area contributed by atoms with Crippen LogP contribution in [0.15, 0.2) is 77.4 Å². The van der Waals surface area contributed by atoms with E-state index < -0.39 is 6.10 Å². The number of carbonyl (C=O) groups is 1. The Kier molecular flexibility index (Phi) is 5.74. The average molecular weight is 455 g/mol. The summed E-state index contributed by atoms with van der Waals surface area (Å²) in [6.07, 6.45) is 1.92. The Morgan fingerprint density at radius 1 is 1.07 bits per heavy atom. The van der Waals surface area contributed by atoms with Gasteiger partial charge in [-0.2, -0.15) is 0 Å². The quantitative estimate of drug-likeness (QED) is 0.520. The van der Waals surface area contributed by atoms with Gasteiger partial charge >= 0.3 is 0 Å². The molecular formula is C23H20BrFN2O2. The van der Waals surface area contributed by atoms with Crippen LogP contribution < -0.4 is 4.90 Å². The van der Waals surface area contributed by atoms with E-state index in [0.29, 0.717) is 18.4 Å². The molecule has 3 aromatic rings. The molecule has 29 heavy (non-hydrogen) atoms. The maximum Gasteiger partial charge on any atom is 0.233 e. The van der Waals surface area contributed by atoms with Gasteiger partial charge < -0.3 is 10.0 Å². The molecule has 6 heteroatoms. The van der Waals surface area contributed by atoms with Crippen LogP contribution in [0, 0.1) is 11.7 Å². The fourth-order valence-corrected chi connectivity index (χ4v) is 4.03. The zero-order valence-corrected chi connectivity index (χ0v) is 17.2. The van der Waals surface area contributed by atoms with E-state index in [1.54, 1.807) is 23.2 Å². The van der Waals surface area contributed by atoms with E-state index in [4.69, 9.17) is 0 Å².